The van der Waals surface area contributed by atoms with E-state index in [0.29, 0.717) is 5.92 Å². The van der Waals surface area contributed by atoms with Crippen molar-refractivity contribution in [3.8, 4) is 0 Å². The van der Waals surface area contributed by atoms with E-state index in [1.54, 1.807) is 5.57 Å². The van der Waals surface area contributed by atoms with Crippen molar-refractivity contribution >= 4 is 28.2 Å². The number of hydrogen-bond donors (Lipinski definition) is 1. The van der Waals surface area contributed by atoms with Crippen LogP contribution in [0.15, 0.2) is 29.8 Å². The topological polar surface area (TPSA) is 38.9 Å². The molecule has 2 aromatic rings. The predicted molar refractivity (Wildman–Crippen MR) is 93.2 cm³/mol. The number of pyridine rings is 1. The lowest BCUT2D eigenvalue weighted by Crippen LogP contribution is -2.14. The van der Waals surface area contributed by atoms with Gasteiger partial charge in [-0.25, -0.2) is 0 Å². The van der Waals surface area contributed by atoms with Gasteiger partial charge in [-0.2, -0.15) is 0 Å². The summed E-state index contributed by atoms with van der Waals surface area (Å²) in [5.74, 6) is 1.35. The monoisotopic (exact) mass is 312 g/mol. The van der Waals surface area contributed by atoms with Crippen LogP contribution in [-0.2, 0) is 12.8 Å². The second-order valence-corrected chi connectivity index (χ2v) is 7.20. The Kier molecular flexibility index (Phi) is 3.37. The van der Waals surface area contributed by atoms with Gasteiger partial charge in [0.2, 0.25) is 0 Å². The van der Waals surface area contributed by atoms with Gasteiger partial charge in [-0.1, -0.05) is 30.2 Å². The van der Waals surface area contributed by atoms with E-state index in [2.05, 4.69) is 13.0 Å². The number of rotatable bonds is 1. The van der Waals surface area contributed by atoms with E-state index in [9.17, 15) is 0 Å². The fraction of sp³-hybridized carbons (Fsp3) is 0.421. The molecule has 1 aromatic heterocycles. The molecule has 2 nitrogen and oxygen atoms in total. The van der Waals surface area contributed by atoms with Crippen molar-refractivity contribution in [1.82, 2.24) is 4.98 Å². The summed E-state index contributed by atoms with van der Waals surface area (Å²) in [5.41, 5.74) is 12.4. The molecule has 114 valence electrons. The second kappa shape index (κ2) is 5.27. The summed E-state index contributed by atoms with van der Waals surface area (Å²) in [5, 5.41) is 1.77. The summed E-state index contributed by atoms with van der Waals surface area (Å²) >= 11 is 6.12. The Balaban J connectivity index is 1.86. The average Bonchev–Trinajstić information content (AvgIpc) is 2.62. The van der Waals surface area contributed by atoms with Crippen LogP contribution >= 0.6 is 11.6 Å². The Morgan fingerprint density at radius 2 is 2.14 bits per heavy atom. The zero-order chi connectivity index (χ0) is 15.3. The summed E-state index contributed by atoms with van der Waals surface area (Å²) in [7, 11) is 0. The van der Waals surface area contributed by atoms with E-state index in [1.165, 1.54) is 30.5 Å². The number of fused-ring (bicyclic) bond motifs is 4. The van der Waals surface area contributed by atoms with Crippen molar-refractivity contribution in [3.05, 3.63) is 46.1 Å². The van der Waals surface area contributed by atoms with Crippen LogP contribution in [0.2, 0.25) is 5.02 Å². The highest BCUT2D eigenvalue weighted by molar-refractivity contribution is 6.31. The van der Waals surface area contributed by atoms with E-state index in [-0.39, 0.29) is 0 Å². The van der Waals surface area contributed by atoms with Gasteiger partial charge in [-0.15, -0.1) is 0 Å². The van der Waals surface area contributed by atoms with Crippen molar-refractivity contribution < 1.29 is 0 Å². The predicted octanol–water partition coefficient (Wildman–Crippen LogP) is 4.93. The zero-order valence-electron chi connectivity index (χ0n) is 12.9. The van der Waals surface area contributed by atoms with E-state index in [0.717, 1.165) is 40.4 Å². The van der Waals surface area contributed by atoms with Gasteiger partial charge in [-0.3, -0.25) is 4.98 Å². The molecule has 0 spiro atoms. The molecular weight excluding hydrogens is 292 g/mol. The molecule has 1 aromatic carbocycles. The molecular formula is C19H21ClN2. The first-order valence-corrected chi connectivity index (χ1v) is 8.58. The zero-order valence-corrected chi connectivity index (χ0v) is 13.7. The molecule has 0 saturated carbocycles. The normalized spacial score (nSPS) is 23.8. The smallest absolute Gasteiger partial charge is 0.0741 e. The van der Waals surface area contributed by atoms with Crippen molar-refractivity contribution in [2.75, 3.05) is 5.73 Å². The number of halogens is 1. The standard InChI is InChI=1S/C19H21ClN2/c1-2-11-5-12-7-13(6-11)9-17-16(8-12)19(21)15-4-3-14(20)10-18(15)22-17/h3-4,6,10,12-13H,2,5,7-9H2,1H3,(H2,21,22)/t12-,13+/m0/s1. The number of hydrogen-bond acceptors (Lipinski definition) is 2. The van der Waals surface area contributed by atoms with Gasteiger partial charge in [-0.05, 0) is 67.7 Å². The van der Waals surface area contributed by atoms with Crippen molar-refractivity contribution in [1.29, 1.82) is 0 Å². The van der Waals surface area contributed by atoms with Crippen LogP contribution in [-0.4, -0.2) is 4.98 Å². The Bertz CT molecular complexity index is 779. The summed E-state index contributed by atoms with van der Waals surface area (Å²) in [6.45, 7) is 2.26. The second-order valence-electron chi connectivity index (χ2n) is 6.76. The van der Waals surface area contributed by atoms with E-state index >= 15 is 0 Å². The molecule has 2 aliphatic carbocycles. The molecule has 0 amide bonds. The minimum atomic E-state index is 0.624. The lowest BCUT2D eigenvalue weighted by Gasteiger charge is -2.25. The average molecular weight is 313 g/mol. The first-order chi connectivity index (χ1) is 10.6. The number of anilines is 1. The SMILES string of the molecule is CCC1=C[C@H]2Cc3nc4cc(Cl)ccc4c(N)c3C[C@@H](C1)C2. The molecule has 4 rings (SSSR count). The van der Waals surface area contributed by atoms with Crippen LogP contribution in [0.5, 0.6) is 0 Å². The summed E-state index contributed by atoms with van der Waals surface area (Å²) in [4.78, 5) is 4.91. The highest BCUT2D eigenvalue weighted by Crippen LogP contribution is 2.40. The number of nitrogen functional groups attached to an aromatic ring is 1. The first-order valence-electron chi connectivity index (χ1n) is 8.20. The van der Waals surface area contributed by atoms with Gasteiger partial charge in [0.15, 0.2) is 0 Å². The summed E-state index contributed by atoms with van der Waals surface area (Å²) < 4.78 is 0. The van der Waals surface area contributed by atoms with Crippen molar-refractivity contribution in [2.45, 2.75) is 39.0 Å². The molecule has 0 unspecified atom stereocenters. The van der Waals surface area contributed by atoms with Gasteiger partial charge in [0.25, 0.3) is 0 Å². The van der Waals surface area contributed by atoms with Crippen molar-refractivity contribution in [2.24, 2.45) is 11.8 Å². The lowest BCUT2D eigenvalue weighted by atomic mass is 9.80. The fourth-order valence-electron chi connectivity index (χ4n) is 4.20. The van der Waals surface area contributed by atoms with Crippen LogP contribution in [0.25, 0.3) is 10.9 Å². The molecule has 22 heavy (non-hydrogen) atoms. The van der Waals surface area contributed by atoms with Crippen LogP contribution in [0.1, 0.15) is 37.4 Å². The molecule has 2 aliphatic rings. The van der Waals surface area contributed by atoms with Crippen LogP contribution in [0, 0.1) is 11.8 Å². The molecule has 0 aliphatic heterocycles. The van der Waals surface area contributed by atoms with Gasteiger partial charge in [0, 0.05) is 21.8 Å². The maximum absolute atomic E-state index is 6.51. The van der Waals surface area contributed by atoms with Gasteiger partial charge < -0.3 is 5.73 Å². The quantitative estimate of drug-likeness (QED) is 0.758. The Labute approximate surface area is 136 Å². The van der Waals surface area contributed by atoms with E-state index in [4.69, 9.17) is 22.3 Å². The highest BCUT2D eigenvalue weighted by atomic mass is 35.5. The molecule has 0 saturated heterocycles. The maximum atomic E-state index is 6.51. The molecule has 2 N–H and O–H groups in total. The molecule has 3 heteroatoms. The van der Waals surface area contributed by atoms with Crippen molar-refractivity contribution in [3.63, 3.8) is 0 Å². The third-order valence-electron chi connectivity index (χ3n) is 5.24. The van der Waals surface area contributed by atoms with Gasteiger partial charge in [0.1, 0.15) is 0 Å². The molecule has 2 atom stereocenters. The lowest BCUT2D eigenvalue weighted by molar-refractivity contribution is 0.394. The molecule has 2 bridgehead atoms. The summed E-state index contributed by atoms with van der Waals surface area (Å²) in [6, 6.07) is 5.84. The van der Waals surface area contributed by atoms with Crippen LogP contribution in [0.4, 0.5) is 5.69 Å². The third kappa shape index (κ3) is 2.30. The largest absolute Gasteiger partial charge is 0.398 e. The van der Waals surface area contributed by atoms with Crippen LogP contribution in [0.3, 0.4) is 0 Å². The van der Waals surface area contributed by atoms with E-state index < -0.39 is 0 Å². The number of allylic oxidation sites excluding steroid dienone is 2. The highest BCUT2D eigenvalue weighted by Gasteiger charge is 2.29. The Morgan fingerprint density at radius 3 is 2.95 bits per heavy atom. The number of nitrogens with zero attached hydrogens (tertiary/aromatic N) is 1. The summed E-state index contributed by atoms with van der Waals surface area (Å²) in [6.07, 6.45) is 8.25. The third-order valence-corrected chi connectivity index (χ3v) is 5.47. The molecule has 1 heterocycles. The van der Waals surface area contributed by atoms with Crippen LogP contribution < -0.4 is 5.73 Å². The molecule has 0 radical (unpaired) electrons. The van der Waals surface area contributed by atoms with Gasteiger partial charge in [0.05, 0.1) is 5.52 Å². The van der Waals surface area contributed by atoms with E-state index in [1.807, 2.05) is 18.2 Å². The Hall–Kier alpha value is -1.54. The minimum absolute atomic E-state index is 0.624. The van der Waals surface area contributed by atoms with Gasteiger partial charge >= 0.3 is 0 Å². The first kappa shape index (κ1) is 14.1. The maximum Gasteiger partial charge on any atom is 0.0741 e. The fourth-order valence-corrected chi connectivity index (χ4v) is 4.37. The Morgan fingerprint density at radius 1 is 1.27 bits per heavy atom. The number of aromatic nitrogens is 1. The number of nitrogens with two attached hydrogens (primary N) is 1. The number of benzene rings is 1. The minimum Gasteiger partial charge on any atom is -0.398 e. The molecule has 0 fully saturated rings.